The Bertz CT molecular complexity index is 605. The first kappa shape index (κ1) is 12.0. The molecule has 1 heterocycles. The molecule has 0 radical (unpaired) electrons. The highest BCUT2D eigenvalue weighted by atomic mass is 19.1. The summed E-state index contributed by atoms with van der Waals surface area (Å²) in [6.45, 7) is 0. The highest BCUT2D eigenvalue weighted by molar-refractivity contribution is 5.41. The molecule has 0 bridgehead atoms. The molecule has 4 heteroatoms. The smallest absolute Gasteiger partial charge is 0.126 e. The van der Waals surface area contributed by atoms with Gasteiger partial charge in [-0.2, -0.15) is 0 Å². The van der Waals surface area contributed by atoms with Crippen molar-refractivity contribution in [3.05, 3.63) is 59.2 Å². The molecule has 98 valence electrons. The number of phenols is 1. The van der Waals surface area contributed by atoms with Crippen molar-refractivity contribution < 1.29 is 18.6 Å². The van der Waals surface area contributed by atoms with Crippen molar-refractivity contribution in [2.75, 3.05) is 0 Å². The van der Waals surface area contributed by atoms with E-state index in [1.54, 1.807) is 12.1 Å². The number of hydrogen-bond acceptors (Lipinski definition) is 2. The minimum atomic E-state index is -0.602. The SMILES string of the molecule is Oc1ccc2c(c1)CCC(c1cc(F)cc(F)c1)O2. The van der Waals surface area contributed by atoms with E-state index in [4.69, 9.17) is 4.74 Å². The number of aromatic hydroxyl groups is 1. The molecule has 0 spiro atoms. The summed E-state index contributed by atoms with van der Waals surface area (Å²) in [5, 5.41) is 9.39. The van der Waals surface area contributed by atoms with Gasteiger partial charge in [-0.25, -0.2) is 8.78 Å². The fourth-order valence-electron chi connectivity index (χ4n) is 2.37. The Morgan fingerprint density at radius 1 is 1.05 bits per heavy atom. The predicted octanol–water partition coefficient (Wildman–Crippen LogP) is 3.74. The quantitative estimate of drug-likeness (QED) is 0.848. The Kier molecular flexibility index (Phi) is 2.85. The lowest BCUT2D eigenvalue weighted by atomic mass is 9.97. The zero-order valence-electron chi connectivity index (χ0n) is 10.1. The summed E-state index contributed by atoms with van der Waals surface area (Å²) < 4.78 is 32.1. The maximum absolute atomic E-state index is 13.2. The summed E-state index contributed by atoms with van der Waals surface area (Å²) in [6, 6.07) is 8.29. The van der Waals surface area contributed by atoms with Crippen molar-refractivity contribution in [1.82, 2.24) is 0 Å². The van der Waals surface area contributed by atoms with Crippen LogP contribution in [0.2, 0.25) is 0 Å². The van der Waals surface area contributed by atoms with Crippen LogP contribution >= 0.6 is 0 Å². The maximum atomic E-state index is 13.2. The van der Waals surface area contributed by atoms with Gasteiger partial charge in [0.25, 0.3) is 0 Å². The number of benzene rings is 2. The lowest BCUT2D eigenvalue weighted by Crippen LogP contribution is -2.15. The Balaban J connectivity index is 1.91. The van der Waals surface area contributed by atoms with E-state index < -0.39 is 11.6 Å². The van der Waals surface area contributed by atoms with Gasteiger partial charge in [0.1, 0.15) is 29.2 Å². The largest absolute Gasteiger partial charge is 0.508 e. The molecule has 0 aliphatic carbocycles. The monoisotopic (exact) mass is 262 g/mol. The molecular weight excluding hydrogens is 250 g/mol. The van der Waals surface area contributed by atoms with Crippen molar-refractivity contribution in [2.24, 2.45) is 0 Å². The predicted molar refractivity (Wildman–Crippen MR) is 66.2 cm³/mol. The third-order valence-electron chi connectivity index (χ3n) is 3.25. The first-order valence-corrected chi connectivity index (χ1v) is 6.06. The van der Waals surface area contributed by atoms with Crippen LogP contribution in [-0.2, 0) is 6.42 Å². The minimum absolute atomic E-state index is 0.192. The number of ether oxygens (including phenoxy) is 1. The maximum Gasteiger partial charge on any atom is 0.126 e. The Hall–Kier alpha value is -2.10. The average molecular weight is 262 g/mol. The summed E-state index contributed by atoms with van der Waals surface area (Å²) in [5.74, 6) is -0.360. The molecule has 19 heavy (non-hydrogen) atoms. The zero-order chi connectivity index (χ0) is 13.4. The van der Waals surface area contributed by atoms with Crippen LogP contribution in [0.5, 0.6) is 11.5 Å². The van der Waals surface area contributed by atoms with E-state index in [9.17, 15) is 13.9 Å². The van der Waals surface area contributed by atoms with Crippen molar-refractivity contribution in [3.63, 3.8) is 0 Å². The van der Waals surface area contributed by atoms with E-state index in [-0.39, 0.29) is 11.9 Å². The first-order chi connectivity index (χ1) is 9.11. The van der Waals surface area contributed by atoms with Crippen LogP contribution in [0, 0.1) is 11.6 Å². The van der Waals surface area contributed by atoms with Crippen molar-refractivity contribution in [1.29, 1.82) is 0 Å². The Morgan fingerprint density at radius 3 is 2.53 bits per heavy atom. The van der Waals surface area contributed by atoms with Gasteiger partial charge < -0.3 is 9.84 Å². The first-order valence-electron chi connectivity index (χ1n) is 6.06. The van der Waals surface area contributed by atoms with Crippen LogP contribution in [0.1, 0.15) is 23.7 Å². The number of hydrogen-bond donors (Lipinski definition) is 1. The molecule has 2 aromatic rings. The van der Waals surface area contributed by atoms with Gasteiger partial charge in [-0.05, 0) is 54.3 Å². The minimum Gasteiger partial charge on any atom is -0.508 e. The van der Waals surface area contributed by atoms with E-state index in [1.807, 2.05) is 0 Å². The third-order valence-corrected chi connectivity index (χ3v) is 3.25. The summed E-state index contributed by atoms with van der Waals surface area (Å²) in [5.41, 5.74) is 1.41. The van der Waals surface area contributed by atoms with Crippen molar-refractivity contribution in [2.45, 2.75) is 18.9 Å². The van der Waals surface area contributed by atoms with Gasteiger partial charge in [-0.15, -0.1) is 0 Å². The molecule has 0 aromatic heterocycles. The second kappa shape index (κ2) is 4.53. The van der Waals surface area contributed by atoms with Crippen molar-refractivity contribution in [3.8, 4) is 11.5 Å². The highest BCUT2D eigenvalue weighted by Gasteiger charge is 2.22. The van der Waals surface area contributed by atoms with E-state index in [0.717, 1.165) is 11.6 Å². The van der Waals surface area contributed by atoms with Crippen LogP contribution < -0.4 is 4.74 Å². The summed E-state index contributed by atoms with van der Waals surface area (Å²) in [4.78, 5) is 0. The van der Waals surface area contributed by atoms with Gasteiger partial charge in [0.15, 0.2) is 0 Å². The second-order valence-electron chi connectivity index (χ2n) is 4.64. The van der Waals surface area contributed by atoms with Crippen molar-refractivity contribution >= 4 is 0 Å². The number of halogens is 2. The molecule has 1 unspecified atom stereocenters. The van der Waals surface area contributed by atoms with Gasteiger partial charge in [-0.1, -0.05) is 0 Å². The third kappa shape index (κ3) is 2.38. The number of rotatable bonds is 1. The van der Waals surface area contributed by atoms with Gasteiger partial charge in [0, 0.05) is 6.07 Å². The van der Waals surface area contributed by atoms with E-state index >= 15 is 0 Å². The molecule has 1 N–H and O–H groups in total. The fraction of sp³-hybridized carbons (Fsp3) is 0.200. The van der Waals surface area contributed by atoms with Gasteiger partial charge in [-0.3, -0.25) is 0 Å². The molecule has 1 aliphatic rings. The summed E-state index contributed by atoms with van der Waals surface area (Å²) in [6.07, 6.45) is 0.966. The Morgan fingerprint density at radius 2 is 1.79 bits per heavy atom. The standard InChI is InChI=1S/C15H12F2O2/c16-11-5-10(6-12(17)8-11)15-3-1-9-7-13(18)2-4-14(9)19-15/h2,4-8,15,18H,1,3H2. The molecule has 0 saturated carbocycles. The molecule has 0 amide bonds. The van der Waals surface area contributed by atoms with Crippen LogP contribution in [0.3, 0.4) is 0 Å². The lowest BCUT2D eigenvalue weighted by Gasteiger charge is -2.26. The molecule has 2 aromatic carbocycles. The normalized spacial score (nSPS) is 17.7. The average Bonchev–Trinajstić information content (AvgIpc) is 2.37. The molecule has 1 atom stereocenters. The van der Waals surface area contributed by atoms with Gasteiger partial charge >= 0.3 is 0 Å². The number of phenolic OH excluding ortho intramolecular Hbond substituents is 1. The lowest BCUT2D eigenvalue weighted by molar-refractivity contribution is 0.175. The topological polar surface area (TPSA) is 29.5 Å². The highest BCUT2D eigenvalue weighted by Crippen LogP contribution is 2.36. The zero-order valence-corrected chi connectivity index (χ0v) is 10.1. The van der Waals surface area contributed by atoms with Crippen LogP contribution in [-0.4, -0.2) is 5.11 Å². The summed E-state index contributed by atoms with van der Waals surface area (Å²) in [7, 11) is 0. The van der Waals surface area contributed by atoms with E-state index in [0.29, 0.717) is 24.2 Å². The molecular formula is C15H12F2O2. The second-order valence-corrected chi connectivity index (χ2v) is 4.64. The molecule has 1 aliphatic heterocycles. The Labute approximate surface area is 109 Å². The van der Waals surface area contributed by atoms with Gasteiger partial charge in [0.05, 0.1) is 0 Å². The summed E-state index contributed by atoms with van der Waals surface area (Å²) >= 11 is 0. The van der Waals surface area contributed by atoms with Crippen LogP contribution in [0.15, 0.2) is 36.4 Å². The van der Waals surface area contributed by atoms with E-state index in [1.165, 1.54) is 18.2 Å². The van der Waals surface area contributed by atoms with Crippen LogP contribution in [0.4, 0.5) is 8.78 Å². The van der Waals surface area contributed by atoms with Gasteiger partial charge in [0.2, 0.25) is 0 Å². The molecule has 2 nitrogen and oxygen atoms in total. The molecule has 3 rings (SSSR count). The number of aryl methyl sites for hydroxylation is 1. The molecule has 0 saturated heterocycles. The fourth-order valence-corrected chi connectivity index (χ4v) is 2.37. The van der Waals surface area contributed by atoms with E-state index in [2.05, 4.69) is 0 Å². The number of fused-ring (bicyclic) bond motifs is 1. The van der Waals surface area contributed by atoms with Crippen LogP contribution in [0.25, 0.3) is 0 Å². The molecule has 0 fully saturated rings.